The fourth-order valence-electron chi connectivity index (χ4n) is 6.47. The van der Waals surface area contributed by atoms with Crippen molar-refractivity contribution in [1.82, 2.24) is 0 Å². The predicted octanol–water partition coefficient (Wildman–Crippen LogP) is 8.79. The molecule has 37 heavy (non-hydrogen) atoms. The van der Waals surface area contributed by atoms with Gasteiger partial charge >= 0.3 is 0 Å². The van der Waals surface area contributed by atoms with Crippen LogP contribution in [0.5, 0.6) is 0 Å². The topological polar surface area (TPSA) is 15.0 Å². The Morgan fingerprint density at radius 3 is 2.05 bits per heavy atom. The van der Waals surface area contributed by atoms with E-state index < -0.39 is 0 Å². The van der Waals surface area contributed by atoms with Crippen LogP contribution in [0.4, 0.5) is 11.4 Å². The van der Waals surface area contributed by atoms with Crippen molar-refractivity contribution in [2.45, 2.75) is 45.4 Å². The van der Waals surface area contributed by atoms with E-state index in [1.165, 1.54) is 55.5 Å². The molecule has 4 aromatic carbocycles. The fourth-order valence-corrected chi connectivity index (χ4v) is 6.47. The van der Waals surface area contributed by atoms with Crippen LogP contribution in [0.15, 0.2) is 109 Å². The van der Waals surface area contributed by atoms with Crippen molar-refractivity contribution >= 4 is 38.6 Å². The van der Waals surface area contributed by atoms with E-state index in [1.807, 2.05) is 0 Å². The number of rotatable bonds is 4. The van der Waals surface area contributed by atoms with Crippen LogP contribution >= 0.6 is 0 Å². The maximum absolute atomic E-state index is 3.68. The first-order valence-electron chi connectivity index (χ1n) is 13.4. The molecule has 0 aromatic heterocycles. The maximum atomic E-state index is 3.68. The minimum atomic E-state index is -0.0752. The Kier molecular flexibility index (Phi) is 5.45. The summed E-state index contributed by atoms with van der Waals surface area (Å²) in [7, 11) is 0. The van der Waals surface area contributed by atoms with Crippen molar-refractivity contribution in [1.29, 1.82) is 0 Å². The summed E-state index contributed by atoms with van der Waals surface area (Å²) in [6.07, 6.45) is 11.0. The number of anilines is 1. The van der Waals surface area contributed by atoms with E-state index >= 15 is 0 Å². The zero-order valence-corrected chi connectivity index (χ0v) is 22.5. The molecule has 0 saturated heterocycles. The van der Waals surface area contributed by atoms with Crippen molar-refractivity contribution in [3.63, 3.8) is 0 Å². The Hall–Kier alpha value is -3.91. The smallest absolute Gasteiger partial charge is 0.210 e. The minimum absolute atomic E-state index is 0.0628. The normalized spacial score (nSPS) is 18.9. The van der Waals surface area contributed by atoms with Gasteiger partial charge in [0.1, 0.15) is 6.54 Å². The van der Waals surface area contributed by atoms with E-state index in [-0.39, 0.29) is 10.8 Å². The van der Waals surface area contributed by atoms with Crippen molar-refractivity contribution in [3.05, 3.63) is 120 Å². The molecule has 2 aliphatic rings. The van der Waals surface area contributed by atoms with Gasteiger partial charge in [-0.3, -0.25) is 0 Å². The quantitative estimate of drug-likeness (QED) is 0.226. The standard InChI is InChI=1S/C35H34N2/c1-6-37-29-23-21-25-15-11-13-17-27(25)33(29)35(4,5)31(37)19-9-7-8-18-30-34(2,3)32-26-16-12-10-14-24(26)20-22-28(32)36-30/h7-23H,6H2,1-5H3/p+1. The van der Waals surface area contributed by atoms with Gasteiger partial charge in [0, 0.05) is 34.5 Å². The van der Waals surface area contributed by atoms with Crippen LogP contribution in [0.1, 0.15) is 45.7 Å². The molecule has 0 bridgehead atoms. The molecule has 0 radical (unpaired) electrons. The largest absolute Gasteiger partial charge is 0.358 e. The Morgan fingerprint density at radius 1 is 0.703 bits per heavy atom. The van der Waals surface area contributed by atoms with Gasteiger partial charge in [-0.25, -0.2) is 0 Å². The Morgan fingerprint density at radius 2 is 1.35 bits per heavy atom. The van der Waals surface area contributed by atoms with Crippen LogP contribution in [0.3, 0.4) is 0 Å². The minimum Gasteiger partial charge on any atom is -0.358 e. The molecule has 1 N–H and O–H groups in total. The third kappa shape index (κ3) is 3.58. The van der Waals surface area contributed by atoms with Gasteiger partial charge in [-0.1, -0.05) is 86.7 Å². The molecule has 2 nitrogen and oxygen atoms in total. The van der Waals surface area contributed by atoms with Crippen LogP contribution in [-0.4, -0.2) is 16.8 Å². The third-order valence-electron chi connectivity index (χ3n) is 8.31. The van der Waals surface area contributed by atoms with E-state index in [2.05, 4.69) is 148 Å². The monoisotopic (exact) mass is 483 g/mol. The first-order chi connectivity index (χ1) is 17.8. The number of hydrogen-bond donors (Lipinski definition) is 1. The summed E-state index contributed by atoms with van der Waals surface area (Å²) in [4.78, 5) is 0. The van der Waals surface area contributed by atoms with Gasteiger partial charge in [0.2, 0.25) is 5.69 Å². The number of nitrogens with zero attached hydrogens (tertiary/aromatic N) is 1. The van der Waals surface area contributed by atoms with Gasteiger partial charge in [0.05, 0.1) is 5.41 Å². The molecule has 2 aliphatic heterocycles. The fraction of sp³-hybridized carbons (Fsp3) is 0.229. The molecule has 0 saturated carbocycles. The second-order valence-corrected chi connectivity index (χ2v) is 11.2. The number of allylic oxidation sites excluding steroid dienone is 6. The van der Waals surface area contributed by atoms with E-state index in [0.29, 0.717) is 0 Å². The van der Waals surface area contributed by atoms with Crippen molar-refractivity contribution in [3.8, 4) is 0 Å². The summed E-state index contributed by atoms with van der Waals surface area (Å²) in [5, 5.41) is 8.97. The van der Waals surface area contributed by atoms with Gasteiger partial charge in [-0.05, 0) is 66.1 Å². The Balaban J connectivity index is 1.29. The summed E-state index contributed by atoms with van der Waals surface area (Å²) in [6.45, 7) is 12.5. The van der Waals surface area contributed by atoms with Gasteiger partial charge < -0.3 is 5.32 Å². The molecule has 0 atom stereocenters. The molecule has 0 aliphatic carbocycles. The van der Waals surface area contributed by atoms with Gasteiger partial charge in [-0.15, -0.1) is 0 Å². The van der Waals surface area contributed by atoms with E-state index in [9.17, 15) is 0 Å². The van der Waals surface area contributed by atoms with Gasteiger partial charge in [0.25, 0.3) is 0 Å². The average Bonchev–Trinajstić information content (AvgIpc) is 3.29. The molecule has 2 heterocycles. The third-order valence-corrected chi connectivity index (χ3v) is 8.31. The van der Waals surface area contributed by atoms with Crippen LogP contribution in [0.25, 0.3) is 21.5 Å². The zero-order valence-electron chi connectivity index (χ0n) is 22.5. The van der Waals surface area contributed by atoms with E-state index in [1.54, 1.807) is 0 Å². The van der Waals surface area contributed by atoms with Crippen LogP contribution < -0.4 is 5.32 Å². The molecule has 2 heteroatoms. The number of fused-ring (bicyclic) bond motifs is 6. The molecule has 184 valence electrons. The first kappa shape index (κ1) is 23.5. The zero-order chi connectivity index (χ0) is 25.8. The van der Waals surface area contributed by atoms with Crippen molar-refractivity contribution in [2.75, 3.05) is 11.9 Å². The summed E-state index contributed by atoms with van der Waals surface area (Å²) in [5.74, 6) is 0. The maximum Gasteiger partial charge on any atom is 0.210 e. The lowest BCUT2D eigenvalue weighted by Crippen LogP contribution is -2.27. The second kappa shape index (κ2) is 8.59. The average molecular weight is 484 g/mol. The van der Waals surface area contributed by atoms with E-state index in [0.717, 1.165) is 6.54 Å². The second-order valence-electron chi connectivity index (χ2n) is 11.2. The highest BCUT2D eigenvalue weighted by Gasteiger charge is 2.44. The van der Waals surface area contributed by atoms with Gasteiger partial charge in [0.15, 0.2) is 5.71 Å². The highest BCUT2D eigenvalue weighted by Crippen LogP contribution is 2.47. The van der Waals surface area contributed by atoms with Crippen LogP contribution in [-0.2, 0) is 10.8 Å². The van der Waals surface area contributed by atoms with Gasteiger partial charge in [-0.2, -0.15) is 4.58 Å². The summed E-state index contributed by atoms with van der Waals surface area (Å²) in [5.41, 5.74) is 7.79. The molecule has 0 unspecified atom stereocenters. The first-order valence-corrected chi connectivity index (χ1v) is 13.4. The Labute approximate surface area is 220 Å². The van der Waals surface area contributed by atoms with Crippen molar-refractivity contribution < 1.29 is 4.58 Å². The summed E-state index contributed by atoms with van der Waals surface area (Å²) < 4.78 is 2.47. The lowest BCUT2D eigenvalue weighted by Gasteiger charge is -2.21. The predicted molar refractivity (Wildman–Crippen MR) is 159 cm³/mol. The number of benzene rings is 4. The lowest BCUT2D eigenvalue weighted by atomic mass is 9.79. The SMILES string of the molecule is CC[N+]1=C(/C=C/C=C/C=C2/Nc3ccc4ccccc4c3C2(C)C)C(C)(C)c2c1ccc1ccccc21. The molecule has 6 rings (SSSR count). The lowest BCUT2D eigenvalue weighted by molar-refractivity contribution is -0.433. The highest BCUT2D eigenvalue weighted by molar-refractivity contribution is 6.07. The molecular formula is C35H35N2+. The van der Waals surface area contributed by atoms with Crippen molar-refractivity contribution in [2.24, 2.45) is 0 Å². The molecule has 0 spiro atoms. The molecule has 4 aromatic rings. The summed E-state index contributed by atoms with van der Waals surface area (Å²) >= 11 is 0. The van der Waals surface area contributed by atoms with E-state index in [4.69, 9.17) is 0 Å². The number of hydrogen-bond acceptors (Lipinski definition) is 1. The summed E-state index contributed by atoms with van der Waals surface area (Å²) in [6, 6.07) is 26.4. The Bertz CT molecular complexity index is 1670. The van der Waals surface area contributed by atoms with Crippen LogP contribution in [0.2, 0.25) is 0 Å². The molecule has 0 fully saturated rings. The highest BCUT2D eigenvalue weighted by atomic mass is 15.0. The molecular weight excluding hydrogens is 448 g/mol. The van der Waals surface area contributed by atoms with Crippen LogP contribution in [0, 0.1) is 0 Å². The number of nitrogens with one attached hydrogen (secondary N) is 1. The molecule has 0 amide bonds.